The van der Waals surface area contributed by atoms with Crippen LogP contribution in [0.15, 0.2) is 16.6 Å². The van der Waals surface area contributed by atoms with Gasteiger partial charge in [0.05, 0.1) is 36.7 Å². The van der Waals surface area contributed by atoms with E-state index >= 15 is 0 Å². The molecule has 0 radical (unpaired) electrons. The Morgan fingerprint density at radius 1 is 0.966 bits per heavy atom. The normalized spacial score (nSPS) is 42.7. The van der Waals surface area contributed by atoms with Crippen molar-refractivity contribution in [2.75, 3.05) is 20.2 Å². The third kappa shape index (κ3) is 9.77. The average molecular weight is 816 g/mol. The number of nitrogens with one attached hydrogen (secondary N) is 2. The van der Waals surface area contributed by atoms with Crippen molar-refractivity contribution in [1.82, 2.24) is 10.6 Å². The molecule has 3 aliphatic heterocycles. The van der Waals surface area contributed by atoms with Crippen molar-refractivity contribution >= 4 is 17.8 Å². The maximum atomic E-state index is 14.4. The second kappa shape index (κ2) is 19.1. The molecule has 3 heterocycles. The van der Waals surface area contributed by atoms with E-state index in [1.54, 1.807) is 7.11 Å². The zero-order valence-electron chi connectivity index (χ0n) is 35.9. The molecule has 7 unspecified atom stereocenters. The number of Topliss-reactive ketones (excluding diaryl/α,β-unsaturated/α-hetero) is 2. The van der Waals surface area contributed by atoms with Crippen LogP contribution >= 0.6 is 0 Å². The van der Waals surface area contributed by atoms with Gasteiger partial charge in [0.1, 0.15) is 23.3 Å². The molecule has 326 valence electrons. The Labute approximate surface area is 354 Å². The van der Waals surface area contributed by atoms with Gasteiger partial charge in [0.15, 0.2) is 12.0 Å². The third-order valence-electron chi connectivity index (χ3n) is 17.5. The summed E-state index contributed by atoms with van der Waals surface area (Å²) in [5.74, 6) is 10.3. The molecular weight excluding hydrogens is 741 g/mol. The van der Waals surface area contributed by atoms with Gasteiger partial charge in [0, 0.05) is 51.3 Å². The zero-order valence-corrected chi connectivity index (χ0v) is 35.9. The summed E-state index contributed by atoms with van der Waals surface area (Å²) in [4.78, 5) is 30.9. The predicted octanol–water partition coefficient (Wildman–Crippen LogP) is 5.81. The molecule has 10 nitrogen and oxygen atoms in total. The first kappa shape index (κ1) is 43.5. The molecule has 10 heteroatoms. The minimum atomic E-state index is -1.06. The summed E-state index contributed by atoms with van der Waals surface area (Å²) >= 11 is 0. The number of hydrogen-bond acceptors (Lipinski definition) is 10. The van der Waals surface area contributed by atoms with Gasteiger partial charge in [-0.3, -0.25) is 9.59 Å². The number of allylic oxidation sites excluding steroid dienone is 1. The second-order valence-corrected chi connectivity index (χ2v) is 20.9. The van der Waals surface area contributed by atoms with E-state index in [9.17, 15) is 24.9 Å². The molecule has 5 aliphatic carbocycles. The summed E-state index contributed by atoms with van der Waals surface area (Å²) in [5, 5.41) is 42.2. The molecule has 59 heavy (non-hydrogen) atoms. The molecule has 6 fully saturated rings. The highest BCUT2D eigenvalue weighted by Crippen LogP contribution is 2.55. The van der Waals surface area contributed by atoms with E-state index in [1.165, 1.54) is 37.7 Å². The zero-order chi connectivity index (χ0) is 41.1. The minimum absolute atomic E-state index is 0.0252. The molecule has 0 aromatic carbocycles. The van der Waals surface area contributed by atoms with Crippen LogP contribution in [0.2, 0.25) is 0 Å². The monoisotopic (exact) mass is 816 g/mol. The molecule has 0 aromatic rings. The van der Waals surface area contributed by atoms with Crippen molar-refractivity contribution in [3.63, 3.8) is 0 Å². The van der Waals surface area contributed by atoms with E-state index in [-0.39, 0.29) is 41.2 Å². The summed E-state index contributed by atoms with van der Waals surface area (Å²) in [6.45, 7) is 3.72. The van der Waals surface area contributed by atoms with Gasteiger partial charge in [0.2, 0.25) is 0 Å². The van der Waals surface area contributed by atoms with Crippen LogP contribution in [0.3, 0.4) is 0 Å². The quantitative estimate of drug-likeness (QED) is 0.105. The lowest BCUT2D eigenvalue weighted by atomic mass is 9.58. The molecule has 8 aliphatic rings. The fourth-order valence-electron chi connectivity index (χ4n) is 14.0. The number of hydrogen-bond donors (Lipinski definition) is 6. The number of carbonyl (C=O) groups is 2. The fourth-order valence-corrected chi connectivity index (χ4v) is 14.0. The molecule has 0 amide bonds. The summed E-state index contributed by atoms with van der Waals surface area (Å²) < 4.78 is 5.74. The average Bonchev–Trinajstić information content (AvgIpc) is 3.94. The highest BCUT2D eigenvalue weighted by Gasteiger charge is 2.52. The number of methoxy groups -OCH3 is 1. The molecule has 15 atom stereocenters. The maximum Gasteiger partial charge on any atom is 0.176 e. The van der Waals surface area contributed by atoms with Crippen LogP contribution in [0.25, 0.3) is 0 Å². The van der Waals surface area contributed by atoms with E-state index < -0.39 is 23.7 Å². The van der Waals surface area contributed by atoms with Crippen molar-refractivity contribution in [2.24, 2.45) is 68.9 Å². The van der Waals surface area contributed by atoms with Gasteiger partial charge in [-0.15, -0.1) is 4.99 Å². The Morgan fingerprint density at radius 2 is 1.78 bits per heavy atom. The molecule has 1 spiro atoms. The van der Waals surface area contributed by atoms with Crippen molar-refractivity contribution in [1.29, 1.82) is 0 Å². The van der Waals surface area contributed by atoms with Gasteiger partial charge < -0.3 is 36.4 Å². The van der Waals surface area contributed by atoms with Gasteiger partial charge in [-0.25, -0.2) is 0 Å². The number of nitrogens with zero attached hydrogens (tertiary/aromatic N) is 1. The summed E-state index contributed by atoms with van der Waals surface area (Å²) in [6, 6.07) is 0.348. The van der Waals surface area contributed by atoms with Crippen LogP contribution in [0.5, 0.6) is 0 Å². The van der Waals surface area contributed by atoms with Gasteiger partial charge in [-0.1, -0.05) is 24.7 Å². The maximum absolute atomic E-state index is 14.4. The minimum Gasteiger partial charge on any atom is -0.393 e. The van der Waals surface area contributed by atoms with Crippen molar-refractivity contribution in [2.45, 2.75) is 178 Å². The van der Waals surface area contributed by atoms with Gasteiger partial charge in [-0.05, 0) is 156 Å². The summed E-state index contributed by atoms with van der Waals surface area (Å²) in [7, 11) is 1.66. The number of fused-ring (bicyclic) bond motifs is 2. The Bertz CT molecular complexity index is 1600. The number of aliphatic hydroxyl groups excluding tert-OH is 3. The van der Waals surface area contributed by atoms with Crippen molar-refractivity contribution in [3.8, 4) is 11.8 Å². The van der Waals surface area contributed by atoms with E-state index in [0.717, 1.165) is 58.0 Å². The number of aliphatic hydroxyl groups is 3. The van der Waals surface area contributed by atoms with E-state index in [0.29, 0.717) is 106 Å². The summed E-state index contributed by atoms with van der Waals surface area (Å²) in [5.41, 5.74) is 6.82. The Balaban J connectivity index is 0.943. The third-order valence-corrected chi connectivity index (χ3v) is 17.5. The number of ketones is 2. The van der Waals surface area contributed by atoms with E-state index in [4.69, 9.17) is 10.5 Å². The first-order chi connectivity index (χ1) is 28.5. The molecule has 0 aromatic heterocycles. The van der Waals surface area contributed by atoms with Crippen LogP contribution in [0.1, 0.15) is 141 Å². The van der Waals surface area contributed by atoms with Gasteiger partial charge >= 0.3 is 0 Å². The number of ether oxygens (including phenoxy) is 1. The fraction of sp³-hybridized carbons (Fsp3) is 0.837. The Morgan fingerprint density at radius 3 is 2.56 bits per heavy atom. The predicted molar refractivity (Wildman–Crippen MR) is 230 cm³/mol. The Hall–Kier alpha value is -2.10. The highest BCUT2D eigenvalue weighted by molar-refractivity contribution is 5.89. The highest BCUT2D eigenvalue weighted by atomic mass is 16.5. The van der Waals surface area contributed by atoms with Crippen LogP contribution in [-0.4, -0.2) is 89.9 Å². The molecular formula is C49H75N4O6+. The van der Waals surface area contributed by atoms with Crippen molar-refractivity contribution in [3.05, 3.63) is 18.2 Å². The SMILES string of the molecule is COC1CC2CCC(=O)[C@@]3(C#C[C@H](CC[C@H](O)CCC4CC(N)NCC4CC4=C[CH+]N=C4)C2CC1O)CC[C@@H](CC1([C@@H]2CN[C@@H]4CC(=O)CC[C@H]4C2)CCCC1)C[C@H]3O. The Kier molecular flexibility index (Phi) is 14.1. The summed E-state index contributed by atoms with van der Waals surface area (Å²) in [6.07, 6.45) is 21.0. The number of piperidine rings is 2. The molecule has 2 saturated heterocycles. The smallest absolute Gasteiger partial charge is 0.176 e. The number of nitrogens with two attached hydrogens (primary N) is 1. The lowest BCUT2D eigenvalue weighted by molar-refractivity contribution is -0.136. The van der Waals surface area contributed by atoms with Crippen LogP contribution < -0.4 is 16.4 Å². The lowest BCUT2D eigenvalue weighted by Crippen LogP contribution is -2.53. The number of aliphatic imine (C=N–C) groups is 1. The molecule has 7 N–H and O–H groups in total. The number of rotatable bonds is 12. The van der Waals surface area contributed by atoms with Crippen molar-refractivity contribution < 1.29 is 29.6 Å². The van der Waals surface area contributed by atoms with E-state index in [2.05, 4.69) is 33.5 Å². The number of carbonyl (C=O) groups excluding carboxylic acids is 2. The molecule has 4 saturated carbocycles. The van der Waals surface area contributed by atoms with Gasteiger partial charge in [0.25, 0.3) is 0 Å². The van der Waals surface area contributed by atoms with Gasteiger partial charge in [-0.2, -0.15) is 0 Å². The second-order valence-electron chi connectivity index (χ2n) is 20.9. The standard InChI is InChI=1S/C49H75N4O6/c1-59-44-23-35-7-11-45(57)49(17-12-31(21-46(49)58)27-48(15-2-3-16-48)38-22-36-6-10-40(55)25-42(36)52-30-38)18-13-33(41(35)26-43(44)56)4-8-39(54)9-5-34-24-47(50)53-29-37(34)20-32-14-19-51-28-32/h14,19,28,31,33-39,41-44,46-47,52-54,56,58H,2-12,15-17,20-27,29-30,50H2,1H3/q+1/t31-,33+,34?,35?,36+,37?,38+,39+,41?,42-,43?,44?,46-,47?,49+/m1/s1. The molecule has 8 rings (SSSR count). The van der Waals surface area contributed by atoms with E-state index in [1.807, 2.05) is 12.8 Å². The molecule has 0 bridgehead atoms. The lowest BCUT2D eigenvalue weighted by Gasteiger charge is -2.49. The van der Waals surface area contributed by atoms with Crippen LogP contribution in [-0.2, 0) is 14.3 Å². The van der Waals surface area contributed by atoms with Crippen LogP contribution in [0.4, 0.5) is 0 Å². The largest absolute Gasteiger partial charge is 0.393 e. The first-order valence-electron chi connectivity index (χ1n) is 24.0. The van der Waals surface area contributed by atoms with Crippen LogP contribution in [0, 0.1) is 76.6 Å². The first-order valence-corrected chi connectivity index (χ1v) is 24.0. The topological polar surface area (TPSA) is 166 Å².